The molecule has 3 rings (SSSR count). The number of hydrogen-bond donors (Lipinski definition) is 0. The topological polar surface area (TPSA) is 26.9 Å². The van der Waals surface area contributed by atoms with E-state index in [4.69, 9.17) is 0 Å². The van der Waals surface area contributed by atoms with Gasteiger partial charge in [0.1, 0.15) is 0 Å². The first-order valence-electron chi connectivity index (χ1n) is 5.59. The molecule has 0 N–H and O–H groups in total. The summed E-state index contributed by atoms with van der Waals surface area (Å²) in [6, 6.07) is 4.13. The van der Waals surface area contributed by atoms with Crippen molar-refractivity contribution in [2.24, 2.45) is 0 Å². The monoisotopic (exact) mass is 234 g/mol. The third-order valence-corrected chi connectivity index (χ3v) is 3.97. The van der Waals surface area contributed by atoms with E-state index in [1.807, 2.05) is 12.5 Å². The maximum absolute atomic E-state index is 12.1. The predicted molar refractivity (Wildman–Crippen MR) is 68.0 cm³/mol. The Morgan fingerprint density at radius 2 is 2.25 bits per heavy atom. The third-order valence-electron chi connectivity index (χ3n) is 3.28. The normalized spacial score (nSPS) is 15.3. The summed E-state index contributed by atoms with van der Waals surface area (Å²) in [6.07, 6.45) is 7.36. The molecule has 1 aliphatic rings. The maximum Gasteiger partial charge on any atom is 0.269 e. The zero-order chi connectivity index (χ0) is 11.1. The van der Waals surface area contributed by atoms with Gasteiger partial charge in [0.15, 0.2) is 0 Å². The van der Waals surface area contributed by atoms with Crippen molar-refractivity contribution < 1.29 is 0 Å². The van der Waals surface area contributed by atoms with Gasteiger partial charge in [-0.1, -0.05) is 0 Å². The van der Waals surface area contributed by atoms with E-state index in [1.54, 1.807) is 3.97 Å². The average Bonchev–Trinajstić information content (AvgIpc) is 2.69. The Morgan fingerprint density at radius 3 is 3.06 bits per heavy atom. The number of pyridine rings is 1. The van der Waals surface area contributed by atoms with E-state index in [1.165, 1.54) is 30.5 Å². The number of aryl methyl sites for hydroxylation is 2. The highest BCUT2D eigenvalue weighted by Gasteiger charge is 2.15. The van der Waals surface area contributed by atoms with E-state index in [0.717, 1.165) is 23.9 Å². The van der Waals surface area contributed by atoms with Gasteiger partial charge in [-0.3, -0.25) is 8.77 Å². The van der Waals surface area contributed by atoms with Crippen LogP contribution in [0.15, 0.2) is 23.1 Å². The molecule has 3 heterocycles. The third kappa shape index (κ3) is 1.33. The minimum Gasteiger partial charge on any atom is -0.344 e. The molecule has 0 saturated carbocycles. The molecule has 16 heavy (non-hydrogen) atoms. The van der Waals surface area contributed by atoms with Crippen LogP contribution in [0.25, 0.3) is 10.9 Å². The highest BCUT2D eigenvalue weighted by molar-refractivity contribution is 7.97. The molecule has 84 valence electrons. The fourth-order valence-corrected chi connectivity index (χ4v) is 2.93. The number of fused-ring (bicyclic) bond motifs is 3. The van der Waals surface area contributed by atoms with Crippen molar-refractivity contribution >= 4 is 22.9 Å². The zero-order valence-corrected chi connectivity index (χ0v) is 10.1. The molecule has 4 heteroatoms. The van der Waals surface area contributed by atoms with E-state index in [2.05, 4.69) is 16.7 Å². The maximum atomic E-state index is 12.1. The number of aromatic nitrogens is 2. The van der Waals surface area contributed by atoms with Gasteiger partial charge in [0.25, 0.3) is 5.56 Å². The molecule has 0 fully saturated rings. The van der Waals surface area contributed by atoms with Crippen LogP contribution < -0.4 is 5.56 Å². The Labute approximate surface area is 98.2 Å². The van der Waals surface area contributed by atoms with Crippen LogP contribution in [0.3, 0.4) is 0 Å². The van der Waals surface area contributed by atoms with Crippen molar-refractivity contribution in [3.63, 3.8) is 0 Å². The Kier molecular flexibility index (Phi) is 2.32. The minimum absolute atomic E-state index is 0.118. The number of nitrogens with zero attached hydrogens (tertiary/aromatic N) is 2. The molecule has 0 aromatic carbocycles. The van der Waals surface area contributed by atoms with Crippen LogP contribution in [-0.4, -0.2) is 14.8 Å². The number of rotatable bonds is 1. The first-order chi connectivity index (χ1) is 7.81. The summed E-state index contributed by atoms with van der Waals surface area (Å²) < 4.78 is 3.99. The van der Waals surface area contributed by atoms with Crippen LogP contribution in [0, 0.1) is 0 Å². The molecule has 0 atom stereocenters. The van der Waals surface area contributed by atoms with E-state index >= 15 is 0 Å². The van der Waals surface area contributed by atoms with Crippen molar-refractivity contribution in [2.45, 2.75) is 25.8 Å². The second-order valence-electron chi connectivity index (χ2n) is 4.17. The first kappa shape index (κ1) is 10.0. The summed E-state index contributed by atoms with van der Waals surface area (Å²) in [5, 5.41) is 0.869. The quantitative estimate of drug-likeness (QED) is 0.756. The van der Waals surface area contributed by atoms with Gasteiger partial charge in [0, 0.05) is 24.7 Å². The lowest BCUT2D eigenvalue weighted by atomic mass is 10.1. The van der Waals surface area contributed by atoms with Gasteiger partial charge in [0.2, 0.25) is 0 Å². The zero-order valence-electron chi connectivity index (χ0n) is 9.27. The number of hydrogen-bond acceptors (Lipinski definition) is 2. The molecular formula is C12H14N2OS. The van der Waals surface area contributed by atoms with Crippen LogP contribution in [0.5, 0.6) is 0 Å². The summed E-state index contributed by atoms with van der Waals surface area (Å²) in [7, 11) is 0. The Bertz CT molecular complexity index is 597. The summed E-state index contributed by atoms with van der Waals surface area (Å²) >= 11 is 1.45. The van der Waals surface area contributed by atoms with Crippen LogP contribution >= 0.6 is 11.9 Å². The van der Waals surface area contributed by atoms with E-state index in [9.17, 15) is 4.79 Å². The van der Waals surface area contributed by atoms with Crippen molar-refractivity contribution in [1.29, 1.82) is 0 Å². The van der Waals surface area contributed by atoms with Crippen LogP contribution in [0.2, 0.25) is 0 Å². The van der Waals surface area contributed by atoms with Gasteiger partial charge >= 0.3 is 0 Å². The van der Waals surface area contributed by atoms with Crippen molar-refractivity contribution in [2.75, 3.05) is 6.26 Å². The molecule has 1 aliphatic heterocycles. The standard InChI is InChI=1S/C12H14N2OS/c1-16-14-7-5-11-10(12(14)15)8-9-4-2-3-6-13(9)11/h5,7-8H,2-4,6H2,1H3. The Balaban J connectivity index is 2.34. The van der Waals surface area contributed by atoms with Crippen LogP contribution in [0.4, 0.5) is 0 Å². The fourth-order valence-electron chi connectivity index (χ4n) is 2.49. The van der Waals surface area contributed by atoms with Gasteiger partial charge in [0.05, 0.1) is 10.9 Å². The molecule has 0 saturated heterocycles. The van der Waals surface area contributed by atoms with Crippen molar-refractivity contribution in [1.82, 2.24) is 8.54 Å². The average molecular weight is 234 g/mol. The predicted octanol–water partition coefficient (Wildman–Crippen LogP) is 2.27. The highest BCUT2D eigenvalue weighted by Crippen LogP contribution is 2.23. The Hall–Kier alpha value is -1.16. The molecule has 0 aliphatic carbocycles. The summed E-state index contributed by atoms with van der Waals surface area (Å²) in [5.74, 6) is 0. The lowest BCUT2D eigenvalue weighted by molar-refractivity contribution is 0.545. The largest absolute Gasteiger partial charge is 0.344 e. The van der Waals surface area contributed by atoms with Crippen LogP contribution in [-0.2, 0) is 13.0 Å². The van der Waals surface area contributed by atoms with Crippen LogP contribution in [0.1, 0.15) is 18.5 Å². The smallest absolute Gasteiger partial charge is 0.269 e. The minimum atomic E-state index is 0.118. The molecule has 0 unspecified atom stereocenters. The second-order valence-corrected chi connectivity index (χ2v) is 4.93. The summed E-state index contributed by atoms with van der Waals surface area (Å²) in [4.78, 5) is 12.1. The Morgan fingerprint density at radius 1 is 1.38 bits per heavy atom. The van der Waals surface area contributed by atoms with Crippen molar-refractivity contribution in [3.8, 4) is 0 Å². The van der Waals surface area contributed by atoms with Gasteiger partial charge < -0.3 is 4.57 Å². The van der Waals surface area contributed by atoms with E-state index in [0.29, 0.717) is 0 Å². The summed E-state index contributed by atoms with van der Waals surface area (Å²) in [6.45, 7) is 1.06. The molecule has 0 bridgehead atoms. The van der Waals surface area contributed by atoms with E-state index in [-0.39, 0.29) is 5.56 Å². The second kappa shape index (κ2) is 3.70. The van der Waals surface area contributed by atoms with E-state index < -0.39 is 0 Å². The first-order valence-corrected chi connectivity index (χ1v) is 6.77. The molecule has 0 radical (unpaired) electrons. The molecular weight excluding hydrogens is 220 g/mol. The molecule has 2 aromatic heterocycles. The molecule has 2 aromatic rings. The molecule has 0 amide bonds. The van der Waals surface area contributed by atoms with Gasteiger partial charge in [-0.2, -0.15) is 0 Å². The molecule has 0 spiro atoms. The summed E-state index contributed by atoms with van der Waals surface area (Å²) in [5.41, 5.74) is 2.54. The van der Waals surface area contributed by atoms with Crippen molar-refractivity contribution in [3.05, 3.63) is 34.4 Å². The fraction of sp³-hybridized carbons (Fsp3) is 0.417. The highest BCUT2D eigenvalue weighted by atomic mass is 32.2. The van der Waals surface area contributed by atoms with Gasteiger partial charge in [-0.25, -0.2) is 0 Å². The molecule has 3 nitrogen and oxygen atoms in total. The van der Waals surface area contributed by atoms with Gasteiger partial charge in [-0.05, 0) is 43.3 Å². The lowest BCUT2D eigenvalue weighted by Gasteiger charge is -2.15. The SMILES string of the molecule is CSn1ccc2c(cc3n2CCCC3)c1=O. The van der Waals surface area contributed by atoms with Gasteiger partial charge in [-0.15, -0.1) is 0 Å². The lowest BCUT2D eigenvalue weighted by Crippen LogP contribution is -2.14.